The Hall–Kier alpha value is -0.260. The molecule has 1 rings (SSSR count). The van der Waals surface area contributed by atoms with Gasteiger partial charge in [-0.25, -0.2) is 0 Å². The van der Waals surface area contributed by atoms with Crippen LogP contribution in [-0.2, 0) is 0 Å². The summed E-state index contributed by atoms with van der Waals surface area (Å²) in [5, 5.41) is 0. The SMILES string of the molecule is C/C=C\CC1CC1C. The van der Waals surface area contributed by atoms with E-state index in [1.54, 1.807) is 0 Å². The van der Waals surface area contributed by atoms with Gasteiger partial charge >= 0.3 is 0 Å². The molecule has 0 radical (unpaired) electrons. The molecule has 0 aromatic rings. The molecule has 0 bridgehead atoms. The van der Waals surface area contributed by atoms with Gasteiger partial charge in [0, 0.05) is 0 Å². The number of hydrogen-bond acceptors (Lipinski definition) is 0. The van der Waals surface area contributed by atoms with E-state index in [1.165, 1.54) is 12.8 Å². The smallest absolute Gasteiger partial charge is 0.0320 e. The summed E-state index contributed by atoms with van der Waals surface area (Å²) in [7, 11) is 0. The number of rotatable bonds is 2. The lowest BCUT2D eigenvalue weighted by Gasteiger charge is -1.84. The van der Waals surface area contributed by atoms with Crippen LogP contribution in [0.25, 0.3) is 0 Å². The molecule has 0 amide bonds. The Kier molecular flexibility index (Phi) is 1.72. The Morgan fingerprint density at radius 3 is 2.62 bits per heavy atom. The Morgan fingerprint density at radius 2 is 2.25 bits per heavy atom. The van der Waals surface area contributed by atoms with Crippen molar-refractivity contribution in [2.24, 2.45) is 11.8 Å². The molecule has 0 spiro atoms. The van der Waals surface area contributed by atoms with Gasteiger partial charge < -0.3 is 0 Å². The van der Waals surface area contributed by atoms with Crippen molar-refractivity contribution in [3.63, 3.8) is 0 Å². The summed E-state index contributed by atoms with van der Waals surface area (Å²) in [6.45, 7) is 4.42. The molecule has 0 heterocycles. The summed E-state index contributed by atoms with van der Waals surface area (Å²) in [6, 6.07) is 0. The Bertz CT molecular complexity index is 92.2. The summed E-state index contributed by atoms with van der Waals surface area (Å²) in [6.07, 6.45) is 7.20. The maximum absolute atomic E-state index is 2.33. The zero-order valence-electron chi connectivity index (χ0n) is 5.72. The molecule has 8 heavy (non-hydrogen) atoms. The maximum atomic E-state index is 2.33. The van der Waals surface area contributed by atoms with E-state index in [1.807, 2.05) is 0 Å². The molecule has 46 valence electrons. The third kappa shape index (κ3) is 1.36. The lowest BCUT2D eigenvalue weighted by molar-refractivity contribution is 0.765. The van der Waals surface area contributed by atoms with Gasteiger partial charge in [-0.05, 0) is 31.6 Å². The van der Waals surface area contributed by atoms with Crippen LogP contribution in [0.4, 0.5) is 0 Å². The third-order valence-corrected chi connectivity index (χ3v) is 1.95. The third-order valence-electron chi connectivity index (χ3n) is 1.95. The van der Waals surface area contributed by atoms with Crippen molar-refractivity contribution in [1.82, 2.24) is 0 Å². The Labute approximate surface area is 51.6 Å². The van der Waals surface area contributed by atoms with Gasteiger partial charge in [0.15, 0.2) is 0 Å². The first-order valence-electron chi connectivity index (χ1n) is 3.45. The fourth-order valence-corrected chi connectivity index (χ4v) is 1.04. The molecule has 1 aliphatic carbocycles. The van der Waals surface area contributed by atoms with E-state index in [0.717, 1.165) is 11.8 Å². The van der Waals surface area contributed by atoms with E-state index < -0.39 is 0 Å². The van der Waals surface area contributed by atoms with Gasteiger partial charge in [-0.3, -0.25) is 0 Å². The number of hydrogen-bond donors (Lipinski definition) is 0. The van der Waals surface area contributed by atoms with E-state index in [2.05, 4.69) is 26.0 Å². The zero-order valence-corrected chi connectivity index (χ0v) is 5.72. The summed E-state index contributed by atoms with van der Waals surface area (Å²) in [5.41, 5.74) is 0. The molecule has 0 saturated heterocycles. The predicted octanol–water partition coefficient (Wildman–Crippen LogP) is 2.61. The van der Waals surface area contributed by atoms with E-state index in [4.69, 9.17) is 0 Å². The van der Waals surface area contributed by atoms with Crippen molar-refractivity contribution in [2.75, 3.05) is 0 Å². The lowest BCUT2D eigenvalue weighted by atomic mass is 10.2. The first-order valence-corrected chi connectivity index (χ1v) is 3.45. The maximum Gasteiger partial charge on any atom is -0.0320 e. The molecule has 0 N–H and O–H groups in total. The molecule has 2 atom stereocenters. The molecule has 0 aromatic carbocycles. The first kappa shape index (κ1) is 5.87. The van der Waals surface area contributed by atoms with Gasteiger partial charge in [0.1, 0.15) is 0 Å². The average molecular weight is 110 g/mol. The van der Waals surface area contributed by atoms with Crippen molar-refractivity contribution in [3.8, 4) is 0 Å². The molecule has 0 heteroatoms. The average Bonchev–Trinajstić information content (AvgIpc) is 2.42. The fourth-order valence-electron chi connectivity index (χ4n) is 1.04. The van der Waals surface area contributed by atoms with Crippen molar-refractivity contribution < 1.29 is 0 Å². The van der Waals surface area contributed by atoms with Crippen LogP contribution in [0, 0.1) is 11.8 Å². The second-order valence-electron chi connectivity index (χ2n) is 2.78. The molecule has 1 saturated carbocycles. The number of allylic oxidation sites excluding steroid dienone is 2. The highest BCUT2D eigenvalue weighted by atomic mass is 14.4. The molecule has 2 unspecified atom stereocenters. The van der Waals surface area contributed by atoms with Crippen LogP contribution >= 0.6 is 0 Å². The predicted molar refractivity (Wildman–Crippen MR) is 36.7 cm³/mol. The van der Waals surface area contributed by atoms with Crippen LogP contribution in [0.15, 0.2) is 12.2 Å². The monoisotopic (exact) mass is 110 g/mol. The first-order chi connectivity index (χ1) is 3.84. The van der Waals surface area contributed by atoms with Gasteiger partial charge in [0.05, 0.1) is 0 Å². The molecule has 0 aromatic heterocycles. The van der Waals surface area contributed by atoms with E-state index in [-0.39, 0.29) is 0 Å². The molecule has 0 nitrogen and oxygen atoms in total. The zero-order chi connectivity index (χ0) is 5.98. The molecule has 1 fully saturated rings. The minimum atomic E-state index is 1.02. The van der Waals surface area contributed by atoms with Gasteiger partial charge in [0.25, 0.3) is 0 Å². The highest BCUT2D eigenvalue weighted by Gasteiger charge is 2.30. The largest absolute Gasteiger partial charge is 0.0917 e. The van der Waals surface area contributed by atoms with Gasteiger partial charge in [0.2, 0.25) is 0 Å². The van der Waals surface area contributed by atoms with Crippen LogP contribution in [-0.4, -0.2) is 0 Å². The molecule has 0 aliphatic heterocycles. The van der Waals surface area contributed by atoms with E-state index >= 15 is 0 Å². The minimum Gasteiger partial charge on any atom is -0.0917 e. The van der Waals surface area contributed by atoms with Crippen LogP contribution < -0.4 is 0 Å². The molecular weight excluding hydrogens is 96.1 g/mol. The van der Waals surface area contributed by atoms with Crippen molar-refractivity contribution in [1.29, 1.82) is 0 Å². The summed E-state index contributed by atoms with van der Waals surface area (Å²) in [5.74, 6) is 2.05. The standard InChI is InChI=1S/C8H14/c1-3-4-5-8-6-7(8)2/h3-4,7-8H,5-6H2,1-2H3/b4-3-. The van der Waals surface area contributed by atoms with E-state index in [9.17, 15) is 0 Å². The Balaban J connectivity index is 2.05. The highest BCUT2D eigenvalue weighted by molar-refractivity contribution is 4.90. The van der Waals surface area contributed by atoms with Crippen molar-refractivity contribution in [2.45, 2.75) is 26.7 Å². The van der Waals surface area contributed by atoms with Crippen LogP contribution in [0.2, 0.25) is 0 Å². The normalized spacial score (nSPS) is 36.2. The second kappa shape index (κ2) is 2.34. The van der Waals surface area contributed by atoms with E-state index in [0.29, 0.717) is 0 Å². The summed E-state index contributed by atoms with van der Waals surface area (Å²) in [4.78, 5) is 0. The minimum absolute atomic E-state index is 1.02. The summed E-state index contributed by atoms with van der Waals surface area (Å²) < 4.78 is 0. The quantitative estimate of drug-likeness (QED) is 0.479. The van der Waals surface area contributed by atoms with Crippen molar-refractivity contribution in [3.05, 3.63) is 12.2 Å². The van der Waals surface area contributed by atoms with Gasteiger partial charge in [-0.2, -0.15) is 0 Å². The topological polar surface area (TPSA) is 0 Å². The highest BCUT2D eigenvalue weighted by Crippen LogP contribution is 2.40. The molecule has 1 aliphatic rings. The van der Waals surface area contributed by atoms with Crippen LogP contribution in [0.1, 0.15) is 26.7 Å². The van der Waals surface area contributed by atoms with Gasteiger partial charge in [-0.1, -0.05) is 19.1 Å². The van der Waals surface area contributed by atoms with Crippen LogP contribution in [0.5, 0.6) is 0 Å². The summed E-state index contributed by atoms with van der Waals surface area (Å²) >= 11 is 0. The van der Waals surface area contributed by atoms with Crippen LogP contribution in [0.3, 0.4) is 0 Å². The lowest BCUT2D eigenvalue weighted by Crippen LogP contribution is -1.71. The fraction of sp³-hybridized carbons (Fsp3) is 0.750. The molecular formula is C8H14. The Morgan fingerprint density at radius 1 is 1.62 bits per heavy atom. The van der Waals surface area contributed by atoms with Gasteiger partial charge in [-0.15, -0.1) is 0 Å². The van der Waals surface area contributed by atoms with Crippen molar-refractivity contribution >= 4 is 0 Å². The second-order valence-corrected chi connectivity index (χ2v) is 2.78.